The van der Waals surface area contributed by atoms with E-state index >= 15 is 0 Å². The first-order valence-corrected chi connectivity index (χ1v) is 6.78. The molecule has 0 fully saturated rings. The zero-order chi connectivity index (χ0) is 16.6. The van der Waals surface area contributed by atoms with Gasteiger partial charge in [0.25, 0.3) is 0 Å². The minimum absolute atomic E-state index is 0.0936. The molecule has 6 heteroatoms. The third-order valence-electron chi connectivity index (χ3n) is 2.93. The Morgan fingerprint density at radius 2 is 2.00 bits per heavy atom. The van der Waals surface area contributed by atoms with E-state index in [4.69, 9.17) is 9.84 Å². The van der Waals surface area contributed by atoms with Crippen LogP contribution in [-0.2, 0) is 14.3 Å². The summed E-state index contributed by atoms with van der Waals surface area (Å²) < 4.78 is 17.7. The first kappa shape index (κ1) is 17.8. The van der Waals surface area contributed by atoms with Gasteiger partial charge in [-0.15, -0.1) is 0 Å². The van der Waals surface area contributed by atoms with E-state index in [2.05, 4.69) is 5.32 Å². The van der Waals surface area contributed by atoms with Crippen LogP contribution < -0.4 is 5.32 Å². The monoisotopic (exact) mass is 309 g/mol. The molecule has 2 N–H and O–H groups in total. The molecular weight excluding hydrogens is 289 g/mol. The van der Waals surface area contributed by atoms with E-state index in [1.54, 1.807) is 31.2 Å². The van der Waals surface area contributed by atoms with Gasteiger partial charge in [0.15, 0.2) is 0 Å². The maximum atomic E-state index is 12.8. The second-order valence-corrected chi connectivity index (χ2v) is 5.27. The topological polar surface area (TPSA) is 75.6 Å². The van der Waals surface area contributed by atoms with Gasteiger partial charge in [0.2, 0.25) is 5.91 Å². The third-order valence-corrected chi connectivity index (χ3v) is 2.93. The molecule has 0 radical (unpaired) electrons. The zero-order valence-electron chi connectivity index (χ0n) is 12.6. The molecule has 5 nitrogen and oxygen atoms in total. The molecular formula is C16H20FNO4. The Bertz CT molecular complexity index is 542. The van der Waals surface area contributed by atoms with Crippen molar-refractivity contribution in [1.82, 2.24) is 5.32 Å². The molecule has 1 unspecified atom stereocenters. The number of methoxy groups -OCH3 is 1. The van der Waals surface area contributed by atoms with Gasteiger partial charge < -0.3 is 15.2 Å². The van der Waals surface area contributed by atoms with Crippen molar-refractivity contribution in [1.29, 1.82) is 0 Å². The first-order valence-electron chi connectivity index (χ1n) is 6.78. The number of carbonyl (C=O) groups is 2. The number of hydrogen-bond donors (Lipinski definition) is 2. The van der Waals surface area contributed by atoms with E-state index < -0.39 is 11.5 Å². The molecule has 0 saturated heterocycles. The van der Waals surface area contributed by atoms with Crippen LogP contribution in [0.5, 0.6) is 0 Å². The maximum Gasteiger partial charge on any atom is 0.305 e. The number of hydrogen-bond acceptors (Lipinski definition) is 3. The lowest BCUT2D eigenvalue weighted by Crippen LogP contribution is -2.50. The van der Waals surface area contributed by atoms with Gasteiger partial charge in [0, 0.05) is 13.5 Å². The van der Waals surface area contributed by atoms with Crippen molar-refractivity contribution in [2.24, 2.45) is 0 Å². The van der Waals surface area contributed by atoms with Crippen molar-refractivity contribution in [2.45, 2.75) is 25.3 Å². The van der Waals surface area contributed by atoms with Crippen molar-refractivity contribution < 1.29 is 23.8 Å². The molecule has 22 heavy (non-hydrogen) atoms. The van der Waals surface area contributed by atoms with Crippen LogP contribution in [0.1, 0.15) is 25.3 Å². The van der Waals surface area contributed by atoms with Crippen LogP contribution in [0.15, 0.2) is 30.3 Å². The summed E-state index contributed by atoms with van der Waals surface area (Å²) in [6, 6.07) is 5.87. The molecule has 1 aromatic carbocycles. The molecule has 0 saturated carbocycles. The molecule has 0 spiro atoms. The zero-order valence-corrected chi connectivity index (χ0v) is 12.6. The summed E-state index contributed by atoms with van der Waals surface area (Å²) in [5.74, 6) is -1.64. The Kier molecular flexibility index (Phi) is 6.72. The van der Waals surface area contributed by atoms with Gasteiger partial charge in [-0.25, -0.2) is 4.39 Å². The highest BCUT2D eigenvalue weighted by atomic mass is 19.1. The molecule has 0 aliphatic heterocycles. The fourth-order valence-corrected chi connectivity index (χ4v) is 2.05. The van der Waals surface area contributed by atoms with Crippen LogP contribution in [0.4, 0.5) is 4.39 Å². The molecule has 120 valence electrons. The fraction of sp³-hybridized carbons (Fsp3) is 0.375. The van der Waals surface area contributed by atoms with Crippen LogP contribution in [0.25, 0.3) is 6.08 Å². The van der Waals surface area contributed by atoms with E-state index in [0.717, 1.165) is 5.56 Å². The number of amides is 1. The highest BCUT2D eigenvalue weighted by Crippen LogP contribution is 2.11. The highest BCUT2D eigenvalue weighted by Gasteiger charge is 2.29. The van der Waals surface area contributed by atoms with Crippen LogP contribution in [0, 0.1) is 5.82 Å². The number of carboxylic acid groups (broad SMARTS) is 1. The predicted molar refractivity (Wildman–Crippen MR) is 80.7 cm³/mol. The van der Waals surface area contributed by atoms with Crippen LogP contribution >= 0.6 is 0 Å². The van der Waals surface area contributed by atoms with E-state index in [1.807, 2.05) is 0 Å². The molecule has 0 aromatic heterocycles. The maximum absolute atomic E-state index is 12.8. The fourth-order valence-electron chi connectivity index (χ4n) is 2.05. The van der Waals surface area contributed by atoms with Crippen molar-refractivity contribution >= 4 is 18.0 Å². The number of halogens is 1. The highest BCUT2D eigenvalue weighted by molar-refractivity contribution is 5.80. The number of rotatable bonds is 8. The molecule has 0 bridgehead atoms. The second-order valence-electron chi connectivity index (χ2n) is 5.27. The van der Waals surface area contributed by atoms with Gasteiger partial charge in [0.05, 0.1) is 18.6 Å². The van der Waals surface area contributed by atoms with E-state index in [1.165, 1.54) is 19.2 Å². The summed E-state index contributed by atoms with van der Waals surface area (Å²) >= 11 is 0. The van der Waals surface area contributed by atoms with Gasteiger partial charge in [-0.1, -0.05) is 24.3 Å². The summed E-state index contributed by atoms with van der Waals surface area (Å²) in [5, 5.41) is 11.5. The molecule has 1 rings (SSSR count). The third kappa shape index (κ3) is 6.49. The summed E-state index contributed by atoms with van der Waals surface area (Å²) in [4.78, 5) is 22.7. The summed E-state index contributed by atoms with van der Waals surface area (Å²) in [6.07, 6.45) is 3.20. The number of ether oxygens (including phenoxy) is 1. The average molecular weight is 309 g/mol. The Hall–Kier alpha value is -2.21. The van der Waals surface area contributed by atoms with E-state index in [9.17, 15) is 14.0 Å². The Morgan fingerprint density at radius 3 is 2.55 bits per heavy atom. The number of aliphatic carboxylic acids is 1. The van der Waals surface area contributed by atoms with Crippen molar-refractivity contribution in [3.8, 4) is 0 Å². The lowest BCUT2D eigenvalue weighted by atomic mass is 9.98. The lowest BCUT2D eigenvalue weighted by Gasteiger charge is -2.28. The molecule has 0 aliphatic rings. The molecule has 0 aliphatic carbocycles. The van der Waals surface area contributed by atoms with Crippen LogP contribution in [-0.4, -0.2) is 36.2 Å². The molecule has 0 heterocycles. The van der Waals surface area contributed by atoms with Gasteiger partial charge in [0.1, 0.15) is 5.82 Å². The second kappa shape index (κ2) is 8.29. The molecule has 1 amide bonds. The summed E-state index contributed by atoms with van der Waals surface area (Å²) in [6.45, 7) is 1.72. The van der Waals surface area contributed by atoms with Gasteiger partial charge >= 0.3 is 5.97 Å². The van der Waals surface area contributed by atoms with E-state index in [-0.39, 0.29) is 31.2 Å². The number of carbonyl (C=O) groups excluding carboxylic acids is 1. The molecule has 1 aromatic rings. The first-order chi connectivity index (χ1) is 10.3. The van der Waals surface area contributed by atoms with Crippen LogP contribution in [0.3, 0.4) is 0 Å². The smallest absolute Gasteiger partial charge is 0.305 e. The molecule has 1 atom stereocenters. The van der Waals surface area contributed by atoms with Gasteiger partial charge in [-0.2, -0.15) is 0 Å². The minimum atomic E-state index is -1.01. The number of carboxylic acids is 1. The Balaban J connectivity index is 2.56. The predicted octanol–water partition coefficient (Wildman–Crippen LogP) is 2.22. The normalized spacial score (nSPS) is 13.8. The van der Waals surface area contributed by atoms with Crippen LogP contribution in [0.2, 0.25) is 0 Å². The van der Waals surface area contributed by atoms with Gasteiger partial charge in [-0.3, -0.25) is 9.59 Å². The average Bonchev–Trinajstić information content (AvgIpc) is 2.39. The number of benzene rings is 1. The van der Waals surface area contributed by atoms with Crippen molar-refractivity contribution in [3.63, 3.8) is 0 Å². The minimum Gasteiger partial charge on any atom is -0.481 e. The Morgan fingerprint density at radius 1 is 1.36 bits per heavy atom. The SMILES string of the molecule is COCC(C)(CC(=O)O)NC(=O)C/C=C/c1ccc(F)cc1. The lowest BCUT2D eigenvalue weighted by molar-refractivity contribution is -0.139. The van der Waals surface area contributed by atoms with Gasteiger partial charge in [-0.05, 0) is 24.6 Å². The van der Waals surface area contributed by atoms with E-state index in [0.29, 0.717) is 0 Å². The standard InChI is InChI=1S/C16H20FNO4/c1-16(11-22-2,10-15(20)21)18-14(19)5-3-4-12-6-8-13(17)9-7-12/h3-4,6-9H,5,10-11H2,1-2H3,(H,18,19)(H,20,21)/b4-3+. The Labute approximate surface area is 128 Å². The largest absolute Gasteiger partial charge is 0.481 e. The summed E-state index contributed by atoms with van der Waals surface area (Å²) in [7, 11) is 1.45. The van der Waals surface area contributed by atoms with Crippen molar-refractivity contribution in [3.05, 3.63) is 41.7 Å². The quantitative estimate of drug-likeness (QED) is 0.772. The number of nitrogens with one attached hydrogen (secondary N) is 1. The summed E-state index contributed by atoms with van der Waals surface area (Å²) in [5.41, 5.74) is -0.180. The van der Waals surface area contributed by atoms with Crippen molar-refractivity contribution in [2.75, 3.05) is 13.7 Å².